The van der Waals surface area contributed by atoms with Gasteiger partial charge in [0.1, 0.15) is 0 Å². The highest BCUT2D eigenvalue weighted by Gasteiger charge is 1.96. The van der Waals surface area contributed by atoms with Crippen LogP contribution in [-0.2, 0) is 0 Å². The second kappa shape index (κ2) is 2.33. The van der Waals surface area contributed by atoms with Crippen LogP contribution in [0.1, 0.15) is 16.7 Å². The minimum absolute atomic E-state index is 0.862. The normalized spacial score (nSPS) is 9.90. The van der Waals surface area contributed by atoms with Crippen molar-refractivity contribution in [3.63, 3.8) is 0 Å². The van der Waals surface area contributed by atoms with Crippen molar-refractivity contribution in [2.45, 2.75) is 20.8 Å². The molecule has 0 heterocycles. The third-order valence-electron chi connectivity index (χ3n) is 1.95. The highest BCUT2D eigenvalue weighted by atomic mass is 14.5. The fraction of sp³-hybridized carbons (Fsp3) is 0.333. The van der Waals surface area contributed by atoms with E-state index in [4.69, 9.17) is 5.73 Å². The zero-order valence-corrected chi connectivity index (χ0v) is 6.73. The van der Waals surface area contributed by atoms with Crippen LogP contribution in [-0.4, -0.2) is 0 Å². The van der Waals surface area contributed by atoms with Crippen molar-refractivity contribution in [1.29, 1.82) is 0 Å². The molecule has 1 heteroatoms. The first kappa shape index (κ1) is 7.13. The third-order valence-corrected chi connectivity index (χ3v) is 1.95. The van der Waals surface area contributed by atoms with Crippen molar-refractivity contribution < 1.29 is 0 Å². The summed E-state index contributed by atoms with van der Waals surface area (Å²) in [5.74, 6) is 0. The van der Waals surface area contributed by atoms with Gasteiger partial charge < -0.3 is 5.73 Å². The summed E-state index contributed by atoms with van der Waals surface area (Å²) in [6.45, 7) is 6.28. The molecule has 0 unspecified atom stereocenters. The van der Waals surface area contributed by atoms with E-state index in [1.165, 1.54) is 16.7 Å². The largest absolute Gasteiger partial charge is 0.399 e. The van der Waals surface area contributed by atoms with Crippen molar-refractivity contribution in [1.82, 2.24) is 0 Å². The molecule has 1 aromatic carbocycles. The lowest BCUT2D eigenvalue weighted by molar-refractivity contribution is 1.27. The Hall–Kier alpha value is -0.980. The SMILES string of the molecule is Cc1cc(N)cc(C)c1C. The van der Waals surface area contributed by atoms with Crippen LogP contribution in [0.25, 0.3) is 0 Å². The maximum absolute atomic E-state index is 5.63. The fourth-order valence-corrected chi connectivity index (χ4v) is 1.07. The highest BCUT2D eigenvalue weighted by Crippen LogP contribution is 2.15. The number of rotatable bonds is 0. The van der Waals surface area contributed by atoms with Crippen LogP contribution in [0.15, 0.2) is 12.1 Å². The molecule has 1 nitrogen and oxygen atoms in total. The molecule has 0 amide bonds. The molecule has 0 spiro atoms. The fourth-order valence-electron chi connectivity index (χ4n) is 1.07. The molecule has 0 bridgehead atoms. The van der Waals surface area contributed by atoms with Crippen LogP contribution in [0.3, 0.4) is 0 Å². The van der Waals surface area contributed by atoms with Crippen molar-refractivity contribution in [3.8, 4) is 0 Å². The van der Waals surface area contributed by atoms with Gasteiger partial charge in [-0.1, -0.05) is 0 Å². The number of hydrogen-bond acceptors (Lipinski definition) is 1. The first-order valence-corrected chi connectivity index (χ1v) is 3.44. The second-order valence-corrected chi connectivity index (χ2v) is 2.78. The van der Waals surface area contributed by atoms with Gasteiger partial charge in [0, 0.05) is 5.69 Å². The Balaban J connectivity index is 3.31. The smallest absolute Gasteiger partial charge is 0.0319 e. The number of nitrogens with two attached hydrogens (primary N) is 1. The maximum atomic E-state index is 5.63. The van der Waals surface area contributed by atoms with Crippen molar-refractivity contribution >= 4 is 5.69 Å². The van der Waals surface area contributed by atoms with E-state index < -0.39 is 0 Å². The number of hydrogen-bond donors (Lipinski definition) is 1. The molecular formula is C9H13N. The van der Waals surface area contributed by atoms with Crippen LogP contribution < -0.4 is 5.73 Å². The van der Waals surface area contributed by atoms with Gasteiger partial charge in [0.15, 0.2) is 0 Å². The molecule has 0 saturated heterocycles. The van der Waals surface area contributed by atoms with Gasteiger partial charge in [0.25, 0.3) is 0 Å². The molecule has 54 valence electrons. The van der Waals surface area contributed by atoms with Gasteiger partial charge >= 0.3 is 0 Å². The maximum Gasteiger partial charge on any atom is 0.0319 e. The molecule has 2 N–H and O–H groups in total. The minimum Gasteiger partial charge on any atom is -0.399 e. The van der Waals surface area contributed by atoms with Crippen LogP contribution >= 0.6 is 0 Å². The van der Waals surface area contributed by atoms with E-state index in [0.29, 0.717) is 0 Å². The number of aryl methyl sites for hydroxylation is 2. The van der Waals surface area contributed by atoms with Gasteiger partial charge in [-0.05, 0) is 49.6 Å². The Kier molecular flexibility index (Phi) is 1.66. The molecule has 10 heavy (non-hydrogen) atoms. The molecule has 1 aromatic rings. The van der Waals surface area contributed by atoms with Gasteiger partial charge in [-0.3, -0.25) is 0 Å². The molecule has 0 saturated carbocycles. The summed E-state index contributed by atoms with van der Waals surface area (Å²) < 4.78 is 0. The van der Waals surface area contributed by atoms with E-state index in [1.807, 2.05) is 12.1 Å². The average Bonchev–Trinajstić information content (AvgIpc) is 1.82. The molecule has 0 aliphatic heterocycles. The lowest BCUT2D eigenvalue weighted by Crippen LogP contribution is -1.91. The van der Waals surface area contributed by atoms with E-state index in [9.17, 15) is 0 Å². The first-order chi connectivity index (χ1) is 4.61. The number of anilines is 1. The molecule has 0 atom stereocenters. The molecule has 0 aromatic heterocycles. The predicted octanol–water partition coefficient (Wildman–Crippen LogP) is 2.19. The summed E-state index contributed by atoms with van der Waals surface area (Å²) >= 11 is 0. The lowest BCUT2D eigenvalue weighted by Gasteiger charge is -2.04. The molecular weight excluding hydrogens is 122 g/mol. The average molecular weight is 135 g/mol. The Morgan fingerprint density at radius 1 is 1.00 bits per heavy atom. The standard InChI is InChI=1S/C9H13N/c1-6-4-9(10)5-7(2)8(6)3/h4-5H,10H2,1-3H3. The zero-order chi connectivity index (χ0) is 7.72. The number of benzene rings is 1. The topological polar surface area (TPSA) is 26.0 Å². The van der Waals surface area contributed by atoms with E-state index in [1.54, 1.807) is 0 Å². The van der Waals surface area contributed by atoms with E-state index in [2.05, 4.69) is 20.8 Å². The van der Waals surface area contributed by atoms with Gasteiger partial charge in [0.05, 0.1) is 0 Å². The summed E-state index contributed by atoms with van der Waals surface area (Å²) in [5, 5.41) is 0. The molecule has 1 rings (SSSR count). The molecule has 0 fully saturated rings. The Morgan fingerprint density at radius 3 is 1.80 bits per heavy atom. The van der Waals surface area contributed by atoms with Crippen LogP contribution in [0.5, 0.6) is 0 Å². The Labute approximate surface area is 61.9 Å². The lowest BCUT2D eigenvalue weighted by atomic mass is 10.0. The van der Waals surface area contributed by atoms with Gasteiger partial charge in [0.2, 0.25) is 0 Å². The van der Waals surface area contributed by atoms with Crippen LogP contribution in [0, 0.1) is 20.8 Å². The molecule has 0 aliphatic rings. The molecule has 0 aliphatic carbocycles. The van der Waals surface area contributed by atoms with Crippen molar-refractivity contribution in [3.05, 3.63) is 28.8 Å². The van der Waals surface area contributed by atoms with Gasteiger partial charge in [-0.2, -0.15) is 0 Å². The summed E-state index contributed by atoms with van der Waals surface area (Å²) in [7, 11) is 0. The van der Waals surface area contributed by atoms with Crippen LogP contribution in [0.4, 0.5) is 5.69 Å². The minimum atomic E-state index is 0.862. The highest BCUT2D eigenvalue weighted by molar-refractivity contribution is 5.48. The summed E-state index contributed by atoms with van der Waals surface area (Å²) in [5.41, 5.74) is 10.4. The quantitative estimate of drug-likeness (QED) is 0.542. The second-order valence-electron chi connectivity index (χ2n) is 2.78. The monoisotopic (exact) mass is 135 g/mol. The van der Waals surface area contributed by atoms with Crippen molar-refractivity contribution in [2.24, 2.45) is 0 Å². The Bertz CT molecular complexity index is 228. The van der Waals surface area contributed by atoms with Crippen LogP contribution in [0.2, 0.25) is 0 Å². The first-order valence-electron chi connectivity index (χ1n) is 3.44. The summed E-state index contributed by atoms with van der Waals surface area (Å²) in [6.07, 6.45) is 0. The number of nitrogen functional groups attached to an aromatic ring is 1. The summed E-state index contributed by atoms with van der Waals surface area (Å²) in [4.78, 5) is 0. The molecule has 0 radical (unpaired) electrons. The Morgan fingerprint density at radius 2 is 1.40 bits per heavy atom. The van der Waals surface area contributed by atoms with E-state index >= 15 is 0 Å². The third kappa shape index (κ3) is 1.13. The van der Waals surface area contributed by atoms with E-state index in [-0.39, 0.29) is 0 Å². The predicted molar refractivity (Wildman–Crippen MR) is 45.1 cm³/mol. The van der Waals surface area contributed by atoms with E-state index in [0.717, 1.165) is 5.69 Å². The zero-order valence-electron chi connectivity index (χ0n) is 6.73. The summed E-state index contributed by atoms with van der Waals surface area (Å²) in [6, 6.07) is 4.00. The van der Waals surface area contributed by atoms with Crippen molar-refractivity contribution in [2.75, 3.05) is 5.73 Å². The van der Waals surface area contributed by atoms with Gasteiger partial charge in [-0.25, -0.2) is 0 Å². The van der Waals surface area contributed by atoms with Gasteiger partial charge in [-0.15, -0.1) is 0 Å².